The Morgan fingerprint density at radius 1 is 1.24 bits per heavy atom. The van der Waals surface area contributed by atoms with Crippen LogP contribution in [0.3, 0.4) is 0 Å². The number of fused-ring (bicyclic) bond motifs is 1. The van der Waals surface area contributed by atoms with Gasteiger partial charge in [-0.05, 0) is 57.2 Å². The van der Waals surface area contributed by atoms with Gasteiger partial charge in [-0.15, -0.1) is 0 Å². The highest BCUT2D eigenvalue weighted by atomic mass is 16.2. The second kappa shape index (κ2) is 10.2. The minimum atomic E-state index is -0.168. The number of anilines is 1. The second-order valence-electron chi connectivity index (χ2n) is 11.0. The third-order valence-electron chi connectivity index (χ3n) is 7.91. The maximum absolute atomic E-state index is 13.6. The molecule has 7 unspecified atom stereocenters. The molecule has 0 aromatic heterocycles. The highest BCUT2D eigenvalue weighted by Crippen LogP contribution is 2.38. The monoisotopic (exact) mass is 470 g/mol. The van der Waals surface area contributed by atoms with Crippen LogP contribution >= 0.6 is 0 Å². The Hall–Kier alpha value is -2.16. The molecule has 188 valence electrons. The van der Waals surface area contributed by atoms with Crippen molar-refractivity contribution in [2.24, 2.45) is 23.7 Å². The number of hydrogen-bond acceptors (Lipinski definition) is 6. The molecule has 2 amide bonds. The lowest BCUT2D eigenvalue weighted by atomic mass is 9.78. The molecule has 8 nitrogen and oxygen atoms in total. The van der Waals surface area contributed by atoms with Crippen LogP contribution in [0.25, 0.3) is 0 Å². The third kappa shape index (κ3) is 5.09. The van der Waals surface area contributed by atoms with Crippen LogP contribution in [0.5, 0.6) is 0 Å². The van der Waals surface area contributed by atoms with E-state index in [-0.39, 0.29) is 53.7 Å². The number of benzene rings is 1. The molecule has 0 bridgehead atoms. The number of nitrogens with zero attached hydrogens (tertiary/aromatic N) is 2. The highest BCUT2D eigenvalue weighted by molar-refractivity contribution is 5.83. The van der Waals surface area contributed by atoms with E-state index in [9.17, 15) is 9.59 Å². The van der Waals surface area contributed by atoms with Crippen LogP contribution in [0.2, 0.25) is 0 Å². The molecule has 1 aromatic rings. The minimum Gasteiger partial charge on any atom is -0.378 e. The lowest BCUT2D eigenvalue weighted by Gasteiger charge is -2.42. The van der Waals surface area contributed by atoms with Gasteiger partial charge in [0, 0.05) is 62.8 Å². The van der Waals surface area contributed by atoms with E-state index in [1.807, 2.05) is 21.0 Å². The summed E-state index contributed by atoms with van der Waals surface area (Å²) in [6.07, 6.45) is 1.76. The van der Waals surface area contributed by atoms with Crippen LogP contribution in [0, 0.1) is 23.7 Å². The van der Waals surface area contributed by atoms with Crippen molar-refractivity contribution in [1.29, 1.82) is 0 Å². The average molecular weight is 471 g/mol. The van der Waals surface area contributed by atoms with Crippen LogP contribution in [-0.2, 0) is 9.59 Å². The molecule has 3 heterocycles. The second-order valence-corrected chi connectivity index (χ2v) is 11.0. The molecule has 7 atom stereocenters. The predicted octanol–water partition coefficient (Wildman–Crippen LogP) is 1.85. The van der Waals surface area contributed by atoms with Gasteiger partial charge in [0.25, 0.3) is 0 Å². The van der Waals surface area contributed by atoms with Crippen molar-refractivity contribution in [2.45, 2.75) is 64.8 Å². The van der Waals surface area contributed by atoms with Crippen LogP contribution in [0.1, 0.15) is 52.1 Å². The number of nitrogens with one attached hydrogen (secondary N) is 4. The fourth-order valence-corrected chi connectivity index (χ4v) is 5.98. The van der Waals surface area contributed by atoms with Gasteiger partial charge >= 0.3 is 0 Å². The Morgan fingerprint density at radius 3 is 2.68 bits per heavy atom. The Morgan fingerprint density at radius 2 is 2.00 bits per heavy atom. The summed E-state index contributed by atoms with van der Waals surface area (Å²) in [5.41, 5.74) is 5.88. The van der Waals surface area contributed by atoms with E-state index in [0.29, 0.717) is 12.6 Å². The summed E-state index contributed by atoms with van der Waals surface area (Å²) in [5, 5.41) is 12.3. The smallest absolute Gasteiger partial charge is 0.225 e. The van der Waals surface area contributed by atoms with Crippen molar-refractivity contribution in [3.05, 3.63) is 29.8 Å². The minimum absolute atomic E-state index is 0.0571. The lowest BCUT2D eigenvalue weighted by molar-refractivity contribution is -0.132. The summed E-state index contributed by atoms with van der Waals surface area (Å²) in [6.45, 7) is 9.68. The topological polar surface area (TPSA) is 88.7 Å². The van der Waals surface area contributed by atoms with Gasteiger partial charge in [-0.25, -0.2) is 5.01 Å². The van der Waals surface area contributed by atoms with E-state index < -0.39 is 0 Å². The fourth-order valence-electron chi connectivity index (χ4n) is 5.98. The van der Waals surface area contributed by atoms with Crippen molar-refractivity contribution >= 4 is 17.5 Å². The zero-order valence-corrected chi connectivity index (χ0v) is 21.5. The van der Waals surface area contributed by atoms with Gasteiger partial charge in [0.15, 0.2) is 0 Å². The number of rotatable bonds is 6. The molecule has 3 fully saturated rings. The summed E-state index contributed by atoms with van der Waals surface area (Å²) in [7, 11) is 4.09. The van der Waals surface area contributed by atoms with E-state index in [1.54, 1.807) is 0 Å². The molecule has 1 aromatic carbocycles. The van der Waals surface area contributed by atoms with Crippen molar-refractivity contribution in [2.75, 3.05) is 32.1 Å². The SMILES string of the molecule is CC1CC(C)C(CNC(=O)C2CC(c3cccc(N(C)C)c3)NC3C2CNN3C(C)C)C(=O)N1. The summed E-state index contributed by atoms with van der Waals surface area (Å²) in [6, 6.07) is 9.15. The van der Waals surface area contributed by atoms with E-state index in [0.717, 1.165) is 25.1 Å². The van der Waals surface area contributed by atoms with Crippen LogP contribution < -0.4 is 26.3 Å². The zero-order valence-electron chi connectivity index (χ0n) is 21.5. The summed E-state index contributed by atoms with van der Waals surface area (Å²) < 4.78 is 0. The van der Waals surface area contributed by atoms with E-state index in [4.69, 9.17) is 0 Å². The molecule has 4 rings (SSSR count). The Kier molecular flexibility index (Phi) is 7.50. The van der Waals surface area contributed by atoms with Gasteiger partial charge in [-0.2, -0.15) is 0 Å². The fraction of sp³-hybridized carbons (Fsp3) is 0.692. The summed E-state index contributed by atoms with van der Waals surface area (Å²) in [4.78, 5) is 28.2. The van der Waals surface area contributed by atoms with Gasteiger partial charge in [-0.3, -0.25) is 20.3 Å². The molecule has 4 N–H and O–H groups in total. The van der Waals surface area contributed by atoms with Crippen LogP contribution in [-0.4, -0.2) is 62.3 Å². The Labute approximate surface area is 204 Å². The Bertz CT molecular complexity index is 890. The lowest BCUT2D eigenvalue weighted by Crippen LogP contribution is -2.58. The van der Waals surface area contributed by atoms with Gasteiger partial charge in [0.05, 0.1) is 12.1 Å². The number of piperidine rings is 2. The van der Waals surface area contributed by atoms with Gasteiger partial charge in [0.1, 0.15) is 0 Å². The normalized spacial score (nSPS) is 34.0. The average Bonchev–Trinajstić information content (AvgIpc) is 3.22. The first-order valence-corrected chi connectivity index (χ1v) is 12.8. The highest BCUT2D eigenvalue weighted by Gasteiger charge is 2.48. The molecule has 0 spiro atoms. The zero-order chi connectivity index (χ0) is 24.6. The molecule has 3 aliphatic rings. The number of carbonyl (C=O) groups excluding carboxylic acids is 2. The number of hydrazine groups is 1. The standard InChI is InChI=1S/C26H42N6O2/c1-15(2)32-24-22(14-28-32)20(12-23(30-24)18-8-7-9-19(11-18)31(5)6)25(33)27-13-21-16(3)10-17(4)29-26(21)34/h7-9,11,15-17,20-24,28,30H,10,12-14H2,1-6H3,(H,27,33)(H,29,34). The Balaban J connectivity index is 1.52. The molecule has 34 heavy (non-hydrogen) atoms. The number of amides is 2. The van der Waals surface area contributed by atoms with Crippen molar-refractivity contribution in [3.63, 3.8) is 0 Å². The quantitative estimate of drug-likeness (QED) is 0.508. The van der Waals surface area contributed by atoms with Crippen molar-refractivity contribution in [3.8, 4) is 0 Å². The first-order valence-electron chi connectivity index (χ1n) is 12.8. The van der Waals surface area contributed by atoms with E-state index in [1.165, 1.54) is 5.56 Å². The van der Waals surface area contributed by atoms with Crippen LogP contribution in [0.4, 0.5) is 5.69 Å². The van der Waals surface area contributed by atoms with Crippen molar-refractivity contribution < 1.29 is 9.59 Å². The number of hydrogen-bond donors (Lipinski definition) is 4. The molecule has 8 heteroatoms. The molecule has 0 saturated carbocycles. The predicted molar refractivity (Wildman–Crippen MR) is 135 cm³/mol. The maximum atomic E-state index is 13.6. The van der Waals surface area contributed by atoms with E-state index >= 15 is 0 Å². The first kappa shape index (κ1) is 24.9. The van der Waals surface area contributed by atoms with Gasteiger partial charge in [0.2, 0.25) is 11.8 Å². The molecule has 3 aliphatic heterocycles. The summed E-state index contributed by atoms with van der Waals surface area (Å²) in [5.74, 6) is 0.262. The molecule has 3 saturated heterocycles. The molecular formula is C26H42N6O2. The van der Waals surface area contributed by atoms with Crippen molar-refractivity contribution in [1.82, 2.24) is 26.4 Å². The van der Waals surface area contributed by atoms with Gasteiger partial charge in [-0.1, -0.05) is 19.1 Å². The molecule has 0 radical (unpaired) electrons. The third-order valence-corrected chi connectivity index (χ3v) is 7.91. The molecule has 0 aliphatic carbocycles. The van der Waals surface area contributed by atoms with Gasteiger partial charge < -0.3 is 15.5 Å². The van der Waals surface area contributed by atoms with E-state index in [2.05, 4.69) is 76.3 Å². The largest absolute Gasteiger partial charge is 0.378 e. The summed E-state index contributed by atoms with van der Waals surface area (Å²) >= 11 is 0. The molecular weight excluding hydrogens is 428 g/mol. The number of carbonyl (C=O) groups is 2. The van der Waals surface area contributed by atoms with Crippen LogP contribution in [0.15, 0.2) is 24.3 Å². The maximum Gasteiger partial charge on any atom is 0.225 e. The first-order chi connectivity index (χ1) is 16.2.